The molecule has 1 aliphatic heterocycles. The third kappa shape index (κ3) is 5.26. The fourth-order valence-electron chi connectivity index (χ4n) is 4.55. The van der Waals surface area contributed by atoms with E-state index in [1.807, 2.05) is 24.3 Å². The Bertz CT molecular complexity index is 995. The van der Waals surface area contributed by atoms with Gasteiger partial charge in [0.25, 0.3) is 0 Å². The van der Waals surface area contributed by atoms with Crippen LogP contribution in [0.5, 0.6) is 0 Å². The molecule has 0 aromatic heterocycles. The molecule has 1 saturated heterocycles. The van der Waals surface area contributed by atoms with Crippen molar-refractivity contribution in [1.29, 1.82) is 0 Å². The zero-order chi connectivity index (χ0) is 22.3. The van der Waals surface area contributed by atoms with Crippen molar-refractivity contribution in [3.05, 3.63) is 102 Å². The molecule has 166 valence electrons. The van der Waals surface area contributed by atoms with Crippen LogP contribution in [0, 0.1) is 5.82 Å². The SMILES string of the molecule is NC(N)=NCC(c1ccccc1)C(c1ccccc1)N1CCN(c2ccc(F)cc2)CC1. The average Bonchev–Trinajstić information content (AvgIpc) is 2.83. The molecule has 4 N–H and O–H groups in total. The zero-order valence-electron chi connectivity index (χ0n) is 18.1. The smallest absolute Gasteiger partial charge is 0.185 e. The summed E-state index contributed by atoms with van der Waals surface area (Å²) in [7, 11) is 0. The second kappa shape index (κ2) is 10.3. The maximum atomic E-state index is 13.3. The molecule has 3 aromatic carbocycles. The number of guanidine groups is 1. The van der Waals surface area contributed by atoms with Gasteiger partial charge in [-0.1, -0.05) is 60.7 Å². The van der Waals surface area contributed by atoms with Crippen LogP contribution < -0.4 is 16.4 Å². The molecular weight excluding hydrogens is 401 g/mol. The van der Waals surface area contributed by atoms with Crippen molar-refractivity contribution < 1.29 is 4.39 Å². The summed E-state index contributed by atoms with van der Waals surface area (Å²) >= 11 is 0. The van der Waals surface area contributed by atoms with Gasteiger partial charge in [-0.3, -0.25) is 9.89 Å². The van der Waals surface area contributed by atoms with E-state index in [1.54, 1.807) is 0 Å². The standard InChI is InChI=1S/C26H30FN5/c27-22-11-13-23(14-12-22)31-15-17-32(18-16-31)25(21-9-5-2-6-10-21)24(19-30-26(28)29)20-7-3-1-4-8-20/h1-14,24-25H,15-19H2,(H4,28,29,30). The van der Waals surface area contributed by atoms with Gasteiger partial charge < -0.3 is 16.4 Å². The minimum absolute atomic E-state index is 0.109. The molecule has 0 saturated carbocycles. The fourth-order valence-corrected chi connectivity index (χ4v) is 4.55. The number of piperazine rings is 1. The lowest BCUT2D eigenvalue weighted by Crippen LogP contribution is -2.49. The number of halogens is 1. The lowest BCUT2D eigenvalue weighted by atomic mass is 9.85. The topological polar surface area (TPSA) is 70.9 Å². The molecule has 1 heterocycles. The number of rotatable bonds is 7. The van der Waals surface area contributed by atoms with Gasteiger partial charge in [0.15, 0.2) is 5.96 Å². The Balaban J connectivity index is 1.62. The summed E-state index contributed by atoms with van der Waals surface area (Å²) in [5.41, 5.74) is 14.9. The Morgan fingerprint density at radius 3 is 1.91 bits per heavy atom. The van der Waals surface area contributed by atoms with E-state index >= 15 is 0 Å². The highest BCUT2D eigenvalue weighted by atomic mass is 19.1. The fraction of sp³-hybridized carbons (Fsp3) is 0.269. The van der Waals surface area contributed by atoms with Crippen LogP contribution in [0.2, 0.25) is 0 Å². The molecule has 1 fully saturated rings. The highest BCUT2D eigenvalue weighted by Gasteiger charge is 2.32. The van der Waals surface area contributed by atoms with Crippen molar-refractivity contribution in [3.63, 3.8) is 0 Å². The van der Waals surface area contributed by atoms with E-state index in [1.165, 1.54) is 23.3 Å². The van der Waals surface area contributed by atoms with E-state index in [-0.39, 0.29) is 23.7 Å². The third-order valence-electron chi connectivity index (χ3n) is 6.12. The van der Waals surface area contributed by atoms with Gasteiger partial charge in [-0.15, -0.1) is 0 Å². The number of anilines is 1. The highest BCUT2D eigenvalue weighted by Crippen LogP contribution is 2.37. The predicted octanol–water partition coefficient (Wildman–Crippen LogP) is 3.75. The number of hydrogen-bond donors (Lipinski definition) is 2. The Kier molecular flexibility index (Phi) is 7.02. The van der Waals surface area contributed by atoms with Crippen LogP contribution in [0.15, 0.2) is 89.9 Å². The first-order chi connectivity index (χ1) is 15.6. The van der Waals surface area contributed by atoms with E-state index in [9.17, 15) is 4.39 Å². The monoisotopic (exact) mass is 431 g/mol. The van der Waals surface area contributed by atoms with Crippen molar-refractivity contribution >= 4 is 11.6 Å². The normalized spacial score (nSPS) is 16.3. The van der Waals surface area contributed by atoms with Crippen LogP contribution in [0.4, 0.5) is 10.1 Å². The molecule has 0 bridgehead atoms. The van der Waals surface area contributed by atoms with Crippen molar-refractivity contribution in [2.45, 2.75) is 12.0 Å². The Morgan fingerprint density at radius 2 is 1.34 bits per heavy atom. The summed E-state index contributed by atoms with van der Waals surface area (Å²) in [5.74, 6) is 0.0129. The van der Waals surface area contributed by atoms with E-state index in [0.29, 0.717) is 6.54 Å². The first kappa shape index (κ1) is 21.8. The maximum absolute atomic E-state index is 13.3. The van der Waals surface area contributed by atoms with Crippen LogP contribution in [0.25, 0.3) is 0 Å². The summed E-state index contributed by atoms with van der Waals surface area (Å²) in [6, 6.07) is 27.9. The number of aliphatic imine (C=N–C) groups is 1. The number of hydrogen-bond acceptors (Lipinski definition) is 3. The van der Waals surface area contributed by atoms with Crippen LogP contribution >= 0.6 is 0 Å². The van der Waals surface area contributed by atoms with Gasteiger partial charge in [-0.25, -0.2) is 4.39 Å². The second-order valence-corrected chi connectivity index (χ2v) is 8.14. The number of benzene rings is 3. The van der Waals surface area contributed by atoms with E-state index in [2.05, 4.69) is 63.3 Å². The largest absolute Gasteiger partial charge is 0.370 e. The number of nitrogens with zero attached hydrogens (tertiary/aromatic N) is 3. The quantitative estimate of drug-likeness (QED) is 0.442. The van der Waals surface area contributed by atoms with Crippen molar-refractivity contribution in [3.8, 4) is 0 Å². The van der Waals surface area contributed by atoms with E-state index in [0.717, 1.165) is 31.9 Å². The van der Waals surface area contributed by atoms with E-state index in [4.69, 9.17) is 11.5 Å². The van der Waals surface area contributed by atoms with Crippen LogP contribution in [-0.2, 0) is 0 Å². The summed E-state index contributed by atoms with van der Waals surface area (Å²) in [4.78, 5) is 9.25. The summed E-state index contributed by atoms with van der Waals surface area (Å²) in [6.07, 6.45) is 0. The van der Waals surface area contributed by atoms with Crippen LogP contribution in [0.3, 0.4) is 0 Å². The summed E-state index contributed by atoms with van der Waals surface area (Å²) < 4.78 is 13.3. The molecule has 2 atom stereocenters. The van der Waals surface area contributed by atoms with Crippen LogP contribution in [0.1, 0.15) is 23.1 Å². The van der Waals surface area contributed by atoms with E-state index < -0.39 is 0 Å². The predicted molar refractivity (Wildman–Crippen MR) is 129 cm³/mol. The molecule has 0 aliphatic carbocycles. The molecule has 6 heteroatoms. The van der Waals surface area contributed by atoms with Gasteiger partial charge in [-0.05, 0) is 35.4 Å². The van der Waals surface area contributed by atoms with Crippen molar-refractivity contribution in [2.75, 3.05) is 37.6 Å². The molecule has 2 unspecified atom stereocenters. The molecule has 32 heavy (non-hydrogen) atoms. The molecular formula is C26H30FN5. The van der Waals surface area contributed by atoms with Gasteiger partial charge in [0, 0.05) is 43.8 Å². The van der Waals surface area contributed by atoms with Gasteiger partial charge in [0.1, 0.15) is 5.82 Å². The van der Waals surface area contributed by atoms with Crippen molar-refractivity contribution in [2.24, 2.45) is 16.5 Å². The maximum Gasteiger partial charge on any atom is 0.185 e. The highest BCUT2D eigenvalue weighted by molar-refractivity contribution is 5.75. The second-order valence-electron chi connectivity index (χ2n) is 8.14. The van der Waals surface area contributed by atoms with Gasteiger partial charge in [0.05, 0.1) is 6.54 Å². The molecule has 0 spiro atoms. The van der Waals surface area contributed by atoms with Gasteiger partial charge in [-0.2, -0.15) is 0 Å². The first-order valence-electron chi connectivity index (χ1n) is 11.0. The lowest BCUT2D eigenvalue weighted by molar-refractivity contribution is 0.162. The summed E-state index contributed by atoms with van der Waals surface area (Å²) in [6.45, 7) is 4.05. The van der Waals surface area contributed by atoms with Gasteiger partial charge >= 0.3 is 0 Å². The van der Waals surface area contributed by atoms with Crippen LogP contribution in [-0.4, -0.2) is 43.6 Å². The molecule has 5 nitrogen and oxygen atoms in total. The minimum Gasteiger partial charge on any atom is -0.370 e. The summed E-state index contributed by atoms with van der Waals surface area (Å²) in [5, 5.41) is 0. The van der Waals surface area contributed by atoms with Crippen molar-refractivity contribution in [1.82, 2.24) is 4.90 Å². The zero-order valence-corrected chi connectivity index (χ0v) is 18.1. The Labute approximate surface area is 189 Å². The molecule has 3 aromatic rings. The lowest BCUT2D eigenvalue weighted by Gasteiger charge is -2.43. The molecule has 1 aliphatic rings. The molecule has 4 rings (SSSR count). The Hall–Kier alpha value is -3.38. The number of nitrogens with two attached hydrogens (primary N) is 2. The molecule has 0 radical (unpaired) electrons. The van der Waals surface area contributed by atoms with Gasteiger partial charge in [0.2, 0.25) is 0 Å². The Morgan fingerprint density at radius 1 is 0.781 bits per heavy atom. The molecule has 0 amide bonds. The third-order valence-corrected chi connectivity index (χ3v) is 6.12. The first-order valence-corrected chi connectivity index (χ1v) is 11.0. The average molecular weight is 432 g/mol. The minimum atomic E-state index is -0.207.